The van der Waals surface area contributed by atoms with E-state index in [1.807, 2.05) is 86.5 Å². The van der Waals surface area contributed by atoms with Crippen molar-refractivity contribution in [2.24, 2.45) is 0 Å². The molecule has 0 bridgehead atoms. The molecule has 0 aliphatic heterocycles. The molecule has 0 spiro atoms. The van der Waals surface area contributed by atoms with E-state index in [0.717, 1.165) is 56.3 Å². The number of ketones is 1. The van der Waals surface area contributed by atoms with Crippen LogP contribution in [-0.2, 0) is 5.41 Å². The first-order valence-electron chi connectivity index (χ1n) is 16.6. The second kappa shape index (κ2) is 15.3. The lowest BCUT2D eigenvalue weighted by Gasteiger charge is -2.28. The number of anilines is 2. The molecular weight excluding hydrogens is 734 g/mol. The maximum atomic E-state index is 14.3. The van der Waals surface area contributed by atoms with Crippen molar-refractivity contribution in [3.8, 4) is 11.5 Å². The van der Waals surface area contributed by atoms with E-state index in [2.05, 4.69) is 60.7 Å². The van der Waals surface area contributed by atoms with Crippen LogP contribution in [0, 0.1) is 0 Å². The second-order valence-electron chi connectivity index (χ2n) is 13.1. The molecule has 5 aromatic carbocycles. The molecule has 0 aromatic heterocycles. The van der Waals surface area contributed by atoms with Gasteiger partial charge >= 0.3 is 0 Å². The van der Waals surface area contributed by atoms with Crippen molar-refractivity contribution < 1.29 is 14.3 Å². The summed E-state index contributed by atoms with van der Waals surface area (Å²) in [5, 5.41) is 0.407. The highest BCUT2D eigenvalue weighted by atomic mass is 35.5. The van der Waals surface area contributed by atoms with Crippen molar-refractivity contribution in [2.45, 2.75) is 11.8 Å². The Morgan fingerprint density at radius 3 is 1.25 bits per heavy atom. The molecule has 0 atom stereocenters. The molecule has 0 unspecified atom stereocenters. The maximum Gasteiger partial charge on any atom is 0.166 e. The molecule has 1 aliphatic carbocycles. The molecule has 52 heavy (non-hydrogen) atoms. The Morgan fingerprint density at radius 2 is 0.904 bits per heavy atom. The highest BCUT2D eigenvalue weighted by Gasteiger charge is 2.46. The summed E-state index contributed by atoms with van der Waals surface area (Å²) in [6.07, 6.45) is 4.27. The van der Waals surface area contributed by atoms with Gasteiger partial charge in [0, 0.05) is 57.0 Å². The van der Waals surface area contributed by atoms with E-state index in [9.17, 15) is 4.79 Å². The lowest BCUT2D eigenvalue weighted by Crippen LogP contribution is -2.20. The van der Waals surface area contributed by atoms with E-state index >= 15 is 0 Å². The Morgan fingerprint density at radius 1 is 0.558 bits per heavy atom. The first-order valence-corrected chi connectivity index (χ1v) is 18.1. The summed E-state index contributed by atoms with van der Waals surface area (Å²) in [7, 11) is 11.3. The van der Waals surface area contributed by atoms with Crippen LogP contribution >= 0.6 is 46.4 Å². The molecule has 0 heterocycles. The topological polar surface area (TPSA) is 42.0 Å². The minimum Gasteiger partial charge on any atom is -0.497 e. The number of allylic oxidation sites excluding steroid dienone is 2. The van der Waals surface area contributed by atoms with Crippen LogP contribution in [0.4, 0.5) is 11.4 Å². The van der Waals surface area contributed by atoms with Gasteiger partial charge in [-0.25, -0.2) is 0 Å². The SMILES string of the molecule is COc1ccc(/C(=C\C2(/C=C(\c3ccc(OC)cc3)c3ccc(N(C)C)cc3)CC(=O)c3c(Cl)c(Cl)c(Cl)c(Cl)c32)c2ccc(N(C)C)cc2)cc1. The summed E-state index contributed by atoms with van der Waals surface area (Å²) in [5.74, 6) is 1.25. The number of rotatable bonds is 10. The highest BCUT2D eigenvalue weighted by molar-refractivity contribution is 6.53. The van der Waals surface area contributed by atoms with Gasteiger partial charge in [-0.1, -0.05) is 107 Å². The van der Waals surface area contributed by atoms with Gasteiger partial charge in [-0.05, 0) is 87.5 Å². The van der Waals surface area contributed by atoms with Gasteiger partial charge < -0.3 is 19.3 Å². The monoisotopic (exact) mass is 770 g/mol. The van der Waals surface area contributed by atoms with Gasteiger partial charge in [-0.3, -0.25) is 4.79 Å². The Bertz CT molecular complexity index is 2060. The quantitative estimate of drug-likeness (QED) is 0.104. The minimum atomic E-state index is -1.13. The first kappa shape index (κ1) is 37.4. The third-order valence-corrected chi connectivity index (χ3v) is 11.3. The number of halogens is 4. The van der Waals surface area contributed by atoms with Crippen molar-refractivity contribution in [3.63, 3.8) is 0 Å². The lowest BCUT2D eigenvalue weighted by atomic mass is 9.75. The number of carbonyl (C=O) groups excluding carboxylic acids is 1. The van der Waals surface area contributed by atoms with E-state index in [4.69, 9.17) is 55.9 Å². The van der Waals surface area contributed by atoms with Gasteiger partial charge in [-0.15, -0.1) is 0 Å². The average molecular weight is 773 g/mol. The molecule has 9 heteroatoms. The summed E-state index contributed by atoms with van der Waals surface area (Å²) in [5.41, 5.74) is 7.19. The number of carbonyl (C=O) groups is 1. The van der Waals surface area contributed by atoms with Gasteiger partial charge in [0.25, 0.3) is 0 Å². The van der Waals surface area contributed by atoms with Gasteiger partial charge in [-0.2, -0.15) is 0 Å². The average Bonchev–Trinajstić information content (AvgIpc) is 3.45. The normalized spacial score (nSPS) is 13.9. The second-order valence-corrected chi connectivity index (χ2v) is 14.6. The van der Waals surface area contributed by atoms with E-state index in [1.54, 1.807) is 14.2 Å². The van der Waals surface area contributed by atoms with Crippen LogP contribution in [0.2, 0.25) is 20.1 Å². The Hall–Kier alpha value is -4.39. The first-order chi connectivity index (χ1) is 24.9. The largest absolute Gasteiger partial charge is 0.497 e. The smallest absolute Gasteiger partial charge is 0.166 e. The maximum absolute atomic E-state index is 14.3. The van der Waals surface area contributed by atoms with Crippen molar-refractivity contribution in [1.82, 2.24) is 0 Å². The van der Waals surface area contributed by atoms with Gasteiger partial charge in [0.05, 0.1) is 34.3 Å². The summed E-state index contributed by atoms with van der Waals surface area (Å²) in [6, 6.07) is 32.3. The molecule has 5 aromatic rings. The molecule has 0 saturated heterocycles. The van der Waals surface area contributed by atoms with Crippen LogP contribution in [0.1, 0.15) is 44.6 Å². The number of benzene rings is 5. The number of hydrogen-bond donors (Lipinski definition) is 0. The molecule has 0 N–H and O–H groups in total. The van der Waals surface area contributed by atoms with Crippen molar-refractivity contribution in [3.05, 3.63) is 163 Å². The molecule has 0 amide bonds. The number of ether oxygens (including phenoxy) is 2. The van der Waals surface area contributed by atoms with Crippen molar-refractivity contribution in [1.29, 1.82) is 0 Å². The summed E-state index contributed by atoms with van der Waals surface area (Å²) in [4.78, 5) is 18.4. The molecule has 0 saturated carbocycles. The van der Waals surface area contributed by atoms with Crippen LogP contribution in [0.15, 0.2) is 109 Å². The standard InChI is InChI=1S/C43H38Cl4N2O3/c1-48(2)30-15-7-26(8-16-30)34(28-11-19-32(51-5)20-12-28)23-43(25-36(50)37-38(43)40(45)42(47)41(46)39(37)44)24-35(29-13-21-33(52-6)22-14-29)27-9-17-31(18-10-27)49(3)4/h7-24H,25H2,1-6H3/b34-23-,35-24-. The van der Waals surface area contributed by atoms with E-state index in [0.29, 0.717) is 5.56 Å². The zero-order chi connectivity index (χ0) is 37.3. The van der Waals surface area contributed by atoms with Crippen molar-refractivity contribution in [2.75, 3.05) is 52.2 Å². The van der Waals surface area contributed by atoms with Crippen LogP contribution in [-0.4, -0.2) is 48.2 Å². The third-order valence-electron chi connectivity index (χ3n) is 9.46. The third kappa shape index (κ3) is 7.16. The molecule has 266 valence electrons. The fourth-order valence-electron chi connectivity index (χ4n) is 6.66. The molecule has 6 rings (SSSR count). The van der Waals surface area contributed by atoms with E-state index in [-0.39, 0.29) is 37.9 Å². The summed E-state index contributed by atoms with van der Waals surface area (Å²) < 4.78 is 11.0. The number of nitrogens with zero attached hydrogens (tertiary/aromatic N) is 2. The fraction of sp³-hybridized carbons (Fsp3) is 0.186. The van der Waals surface area contributed by atoms with Crippen molar-refractivity contribution >= 4 is 74.7 Å². The van der Waals surface area contributed by atoms with Gasteiger partial charge in [0.2, 0.25) is 0 Å². The van der Waals surface area contributed by atoms with E-state index in [1.165, 1.54) is 0 Å². The Balaban J connectivity index is 1.74. The number of Topliss-reactive ketones (excluding diaryl/α,β-unsaturated/α-hetero) is 1. The van der Waals surface area contributed by atoms with Crippen LogP contribution in [0.3, 0.4) is 0 Å². The lowest BCUT2D eigenvalue weighted by molar-refractivity contribution is 0.0986. The van der Waals surface area contributed by atoms with Crippen LogP contribution in [0.5, 0.6) is 11.5 Å². The highest BCUT2D eigenvalue weighted by Crippen LogP contribution is 2.55. The number of hydrogen-bond acceptors (Lipinski definition) is 5. The van der Waals surface area contributed by atoms with Gasteiger partial charge in [0.1, 0.15) is 11.5 Å². The zero-order valence-corrected chi connectivity index (χ0v) is 32.8. The minimum absolute atomic E-state index is 0.0311. The molecule has 5 nitrogen and oxygen atoms in total. The Labute approximate surface area is 325 Å². The Kier molecular flexibility index (Phi) is 11.0. The summed E-state index contributed by atoms with van der Waals surface area (Å²) >= 11 is 27.4. The van der Waals surface area contributed by atoms with Gasteiger partial charge in [0.15, 0.2) is 5.78 Å². The number of fused-ring (bicyclic) bond motifs is 1. The van der Waals surface area contributed by atoms with Crippen LogP contribution < -0.4 is 19.3 Å². The molecule has 0 radical (unpaired) electrons. The number of methoxy groups -OCH3 is 2. The zero-order valence-electron chi connectivity index (χ0n) is 29.7. The molecule has 0 fully saturated rings. The molecule has 1 aliphatic rings. The molecular formula is C43H38Cl4N2O3. The predicted molar refractivity (Wildman–Crippen MR) is 219 cm³/mol. The van der Waals surface area contributed by atoms with Crippen LogP contribution in [0.25, 0.3) is 11.1 Å². The summed E-state index contributed by atoms with van der Waals surface area (Å²) in [6.45, 7) is 0. The van der Waals surface area contributed by atoms with E-state index < -0.39 is 5.41 Å². The fourth-order valence-corrected chi connectivity index (χ4v) is 7.80. The predicted octanol–water partition coefficient (Wildman–Crippen LogP) is 11.5.